The molecule has 0 aliphatic heterocycles. The Morgan fingerprint density at radius 2 is 2.11 bits per heavy atom. The number of halogens is 1. The summed E-state index contributed by atoms with van der Waals surface area (Å²) in [4.78, 5) is 11.8. The molecule has 5 heteroatoms. The molecule has 0 aliphatic rings. The standard InChI is InChI=1S/C14H21FN2O2/c1-14(2,16-3)13(18)17-8-7-10-5-6-12(19-4)11(15)9-10/h5-6,9,16H,7-8H2,1-4H3,(H,17,18). The minimum absolute atomic E-state index is 0.0796. The van der Waals surface area contributed by atoms with Crippen LogP contribution in [0.2, 0.25) is 0 Å². The first-order valence-electron chi connectivity index (χ1n) is 6.20. The van der Waals surface area contributed by atoms with E-state index in [0.29, 0.717) is 13.0 Å². The summed E-state index contributed by atoms with van der Waals surface area (Å²) in [5, 5.41) is 5.74. The van der Waals surface area contributed by atoms with Crippen LogP contribution < -0.4 is 15.4 Å². The van der Waals surface area contributed by atoms with Crippen LogP contribution in [0.1, 0.15) is 19.4 Å². The summed E-state index contributed by atoms with van der Waals surface area (Å²) >= 11 is 0. The van der Waals surface area contributed by atoms with Crippen LogP contribution in [-0.2, 0) is 11.2 Å². The maximum absolute atomic E-state index is 13.5. The molecule has 0 fully saturated rings. The van der Waals surface area contributed by atoms with Crippen molar-refractivity contribution in [3.63, 3.8) is 0 Å². The van der Waals surface area contributed by atoms with Crippen LogP contribution in [-0.4, -0.2) is 32.1 Å². The number of benzene rings is 1. The number of carbonyl (C=O) groups is 1. The number of nitrogens with one attached hydrogen (secondary N) is 2. The smallest absolute Gasteiger partial charge is 0.239 e. The first kappa shape index (κ1) is 15.4. The molecule has 4 nitrogen and oxygen atoms in total. The summed E-state index contributed by atoms with van der Waals surface area (Å²) in [5.74, 6) is -0.241. The quantitative estimate of drug-likeness (QED) is 0.822. The average molecular weight is 268 g/mol. The summed E-state index contributed by atoms with van der Waals surface area (Å²) < 4.78 is 18.3. The number of hydrogen-bond donors (Lipinski definition) is 2. The van der Waals surface area contributed by atoms with E-state index in [1.54, 1.807) is 33.0 Å². The summed E-state index contributed by atoms with van der Waals surface area (Å²) in [6, 6.07) is 4.80. The third-order valence-electron chi connectivity index (χ3n) is 3.11. The molecular weight excluding hydrogens is 247 g/mol. The average Bonchev–Trinajstić information content (AvgIpc) is 2.38. The molecule has 0 saturated heterocycles. The third-order valence-corrected chi connectivity index (χ3v) is 3.11. The molecule has 19 heavy (non-hydrogen) atoms. The van der Waals surface area contributed by atoms with E-state index in [1.807, 2.05) is 0 Å². The number of amides is 1. The first-order valence-corrected chi connectivity index (χ1v) is 6.20. The van der Waals surface area contributed by atoms with Gasteiger partial charge in [-0.2, -0.15) is 0 Å². The SMILES string of the molecule is CNC(C)(C)C(=O)NCCc1ccc(OC)c(F)c1. The van der Waals surface area contributed by atoms with E-state index in [-0.39, 0.29) is 17.5 Å². The molecule has 0 spiro atoms. The van der Waals surface area contributed by atoms with Gasteiger partial charge >= 0.3 is 0 Å². The summed E-state index contributed by atoms with van der Waals surface area (Å²) in [5.41, 5.74) is 0.214. The van der Waals surface area contributed by atoms with Gasteiger partial charge in [0.25, 0.3) is 0 Å². The molecule has 0 atom stereocenters. The normalized spacial score (nSPS) is 11.2. The largest absolute Gasteiger partial charge is 0.494 e. The van der Waals surface area contributed by atoms with Gasteiger partial charge in [-0.3, -0.25) is 4.79 Å². The molecule has 0 bridgehead atoms. The van der Waals surface area contributed by atoms with Crippen molar-refractivity contribution in [2.75, 3.05) is 20.7 Å². The molecule has 1 aromatic rings. The lowest BCUT2D eigenvalue weighted by Gasteiger charge is -2.22. The van der Waals surface area contributed by atoms with E-state index in [1.165, 1.54) is 13.2 Å². The molecule has 0 saturated carbocycles. The number of likely N-dealkylation sites (N-methyl/N-ethyl adjacent to an activating group) is 1. The lowest BCUT2D eigenvalue weighted by atomic mass is 10.0. The van der Waals surface area contributed by atoms with Gasteiger partial charge in [0.05, 0.1) is 12.6 Å². The van der Waals surface area contributed by atoms with Gasteiger partial charge in [-0.1, -0.05) is 6.07 Å². The van der Waals surface area contributed by atoms with Crippen molar-refractivity contribution in [2.45, 2.75) is 25.8 Å². The van der Waals surface area contributed by atoms with Crippen LogP contribution in [0.4, 0.5) is 4.39 Å². The van der Waals surface area contributed by atoms with Crippen molar-refractivity contribution in [3.8, 4) is 5.75 Å². The summed E-state index contributed by atoms with van der Waals surface area (Å²) in [6.07, 6.45) is 0.576. The van der Waals surface area contributed by atoms with Crippen molar-refractivity contribution in [2.24, 2.45) is 0 Å². The third kappa shape index (κ3) is 4.21. The summed E-state index contributed by atoms with van der Waals surface area (Å²) in [6.45, 7) is 4.07. The van der Waals surface area contributed by atoms with Gasteiger partial charge < -0.3 is 15.4 Å². The van der Waals surface area contributed by atoms with Gasteiger partial charge in [-0.05, 0) is 45.0 Å². The Morgan fingerprint density at radius 1 is 1.42 bits per heavy atom. The Bertz CT molecular complexity index is 447. The van der Waals surface area contributed by atoms with E-state index in [2.05, 4.69) is 10.6 Å². The van der Waals surface area contributed by atoms with Crippen LogP contribution in [0.5, 0.6) is 5.75 Å². The van der Waals surface area contributed by atoms with Crippen LogP contribution in [0.15, 0.2) is 18.2 Å². The number of rotatable bonds is 6. The van der Waals surface area contributed by atoms with Gasteiger partial charge in [0.15, 0.2) is 11.6 Å². The fourth-order valence-corrected chi connectivity index (χ4v) is 1.52. The zero-order chi connectivity index (χ0) is 14.5. The molecule has 1 aromatic carbocycles. The van der Waals surface area contributed by atoms with E-state index < -0.39 is 5.54 Å². The minimum Gasteiger partial charge on any atom is -0.494 e. The highest BCUT2D eigenvalue weighted by Gasteiger charge is 2.24. The Kier molecular flexibility index (Phi) is 5.30. The van der Waals surface area contributed by atoms with Gasteiger partial charge in [0.2, 0.25) is 5.91 Å². The molecule has 0 unspecified atom stereocenters. The minimum atomic E-state index is -0.606. The molecule has 0 aromatic heterocycles. The molecule has 106 valence electrons. The van der Waals surface area contributed by atoms with Crippen LogP contribution in [0.25, 0.3) is 0 Å². The van der Waals surface area contributed by atoms with Crippen molar-refractivity contribution in [3.05, 3.63) is 29.6 Å². The van der Waals surface area contributed by atoms with Crippen molar-refractivity contribution < 1.29 is 13.9 Å². The van der Waals surface area contributed by atoms with E-state index in [9.17, 15) is 9.18 Å². The maximum Gasteiger partial charge on any atom is 0.239 e. The van der Waals surface area contributed by atoms with Gasteiger partial charge in [0, 0.05) is 6.54 Å². The topological polar surface area (TPSA) is 50.4 Å². The van der Waals surface area contributed by atoms with Gasteiger partial charge in [0.1, 0.15) is 0 Å². The predicted octanol–water partition coefficient (Wildman–Crippen LogP) is 1.49. The Labute approximate surface area is 113 Å². The number of hydrogen-bond acceptors (Lipinski definition) is 3. The number of ether oxygens (including phenoxy) is 1. The number of methoxy groups -OCH3 is 1. The second kappa shape index (κ2) is 6.52. The van der Waals surface area contributed by atoms with Crippen molar-refractivity contribution in [1.29, 1.82) is 0 Å². The molecule has 1 rings (SSSR count). The molecule has 1 amide bonds. The second-order valence-electron chi connectivity index (χ2n) is 4.85. The van der Waals surface area contributed by atoms with Gasteiger partial charge in [-0.15, -0.1) is 0 Å². The highest BCUT2D eigenvalue weighted by Crippen LogP contribution is 2.17. The van der Waals surface area contributed by atoms with Crippen LogP contribution in [0.3, 0.4) is 0 Å². The zero-order valence-electron chi connectivity index (χ0n) is 11.8. The fraction of sp³-hybridized carbons (Fsp3) is 0.500. The zero-order valence-corrected chi connectivity index (χ0v) is 11.8. The van der Waals surface area contributed by atoms with E-state index >= 15 is 0 Å². The summed E-state index contributed by atoms with van der Waals surface area (Å²) in [7, 11) is 3.16. The molecule has 0 heterocycles. The van der Waals surface area contributed by atoms with Crippen molar-refractivity contribution >= 4 is 5.91 Å². The van der Waals surface area contributed by atoms with Crippen LogP contribution >= 0.6 is 0 Å². The van der Waals surface area contributed by atoms with E-state index in [0.717, 1.165) is 5.56 Å². The second-order valence-corrected chi connectivity index (χ2v) is 4.85. The molecule has 2 N–H and O–H groups in total. The van der Waals surface area contributed by atoms with Crippen LogP contribution in [0, 0.1) is 5.82 Å². The molecular formula is C14H21FN2O2. The highest BCUT2D eigenvalue weighted by atomic mass is 19.1. The fourth-order valence-electron chi connectivity index (χ4n) is 1.52. The predicted molar refractivity (Wildman–Crippen MR) is 72.8 cm³/mol. The number of carbonyl (C=O) groups excluding carboxylic acids is 1. The highest BCUT2D eigenvalue weighted by molar-refractivity contribution is 5.85. The Morgan fingerprint density at radius 3 is 2.63 bits per heavy atom. The monoisotopic (exact) mass is 268 g/mol. The lowest BCUT2D eigenvalue weighted by Crippen LogP contribution is -2.51. The molecule has 0 aliphatic carbocycles. The first-order chi connectivity index (χ1) is 8.90. The molecule has 0 radical (unpaired) electrons. The van der Waals surface area contributed by atoms with E-state index in [4.69, 9.17) is 4.74 Å². The van der Waals surface area contributed by atoms with Crippen molar-refractivity contribution in [1.82, 2.24) is 10.6 Å². The Balaban J connectivity index is 2.50. The van der Waals surface area contributed by atoms with Gasteiger partial charge in [-0.25, -0.2) is 4.39 Å². The maximum atomic E-state index is 13.5. The Hall–Kier alpha value is -1.62. The lowest BCUT2D eigenvalue weighted by molar-refractivity contribution is -0.126.